The number of hydrogen-bond donors (Lipinski definition) is 1. The van der Waals surface area contributed by atoms with Gasteiger partial charge in [-0.15, -0.1) is 0 Å². The summed E-state index contributed by atoms with van der Waals surface area (Å²) in [6.07, 6.45) is 0.584. The lowest BCUT2D eigenvalue weighted by molar-refractivity contribution is 0.0689. The number of rotatable bonds is 5. The van der Waals surface area contributed by atoms with E-state index in [1.807, 2.05) is 52.0 Å². The van der Waals surface area contributed by atoms with Crippen LogP contribution < -0.4 is 4.74 Å². The highest BCUT2D eigenvalue weighted by Crippen LogP contribution is 2.36. The summed E-state index contributed by atoms with van der Waals surface area (Å²) >= 11 is 0. The quantitative estimate of drug-likeness (QED) is 0.747. The van der Waals surface area contributed by atoms with Gasteiger partial charge < -0.3 is 9.84 Å². The molecule has 3 aromatic rings. The Morgan fingerprint density at radius 2 is 2.00 bits per heavy atom. The van der Waals surface area contributed by atoms with Gasteiger partial charge in [0.15, 0.2) is 11.3 Å². The van der Waals surface area contributed by atoms with Gasteiger partial charge in [-0.05, 0) is 25.3 Å². The summed E-state index contributed by atoms with van der Waals surface area (Å²) < 4.78 is 7.29. The molecule has 0 spiro atoms. The molecule has 0 aliphatic rings. The number of aromatic nitrogens is 3. The number of benzene rings is 1. The minimum atomic E-state index is -1.02. The number of aromatic carboxylic acids is 1. The normalized spacial score (nSPS) is 11.3. The number of hydrogen-bond acceptors (Lipinski definition) is 4. The van der Waals surface area contributed by atoms with Gasteiger partial charge in [0.1, 0.15) is 5.75 Å². The van der Waals surface area contributed by atoms with Crippen molar-refractivity contribution in [3.05, 3.63) is 46.9 Å². The third-order valence-electron chi connectivity index (χ3n) is 4.56. The second-order valence-electron chi connectivity index (χ2n) is 6.53. The first kappa shape index (κ1) is 17.9. The summed E-state index contributed by atoms with van der Waals surface area (Å²) in [4.78, 5) is 16.4. The number of para-hydroxylation sites is 1. The van der Waals surface area contributed by atoms with Crippen molar-refractivity contribution in [1.29, 1.82) is 0 Å². The van der Waals surface area contributed by atoms with E-state index in [0.29, 0.717) is 17.8 Å². The molecule has 0 amide bonds. The molecule has 6 heteroatoms. The van der Waals surface area contributed by atoms with Gasteiger partial charge in [0.2, 0.25) is 0 Å². The summed E-state index contributed by atoms with van der Waals surface area (Å²) in [6, 6.07) is 7.63. The molecule has 3 rings (SSSR count). The van der Waals surface area contributed by atoms with Crippen LogP contribution in [-0.2, 0) is 6.42 Å². The molecule has 0 aliphatic heterocycles. The summed E-state index contributed by atoms with van der Waals surface area (Å²) in [5, 5.41) is 14.4. The lowest BCUT2D eigenvalue weighted by atomic mass is 9.99. The van der Waals surface area contributed by atoms with Crippen LogP contribution in [0.25, 0.3) is 16.8 Å². The molecule has 136 valence electrons. The van der Waals surface area contributed by atoms with E-state index < -0.39 is 5.97 Å². The predicted octanol–water partition coefficient (Wildman–Crippen LogP) is 4.10. The van der Waals surface area contributed by atoms with Gasteiger partial charge >= 0.3 is 5.97 Å². The van der Waals surface area contributed by atoms with E-state index in [2.05, 4.69) is 4.98 Å². The highest BCUT2D eigenvalue weighted by molar-refractivity contribution is 5.91. The van der Waals surface area contributed by atoms with E-state index in [0.717, 1.165) is 28.1 Å². The highest BCUT2D eigenvalue weighted by atomic mass is 16.5. The molecule has 0 bridgehead atoms. The molecule has 26 heavy (non-hydrogen) atoms. The Hall–Kier alpha value is -2.89. The fourth-order valence-electron chi connectivity index (χ4n) is 3.49. The maximum absolute atomic E-state index is 11.9. The summed E-state index contributed by atoms with van der Waals surface area (Å²) in [5.74, 6) is -0.204. The number of ether oxygens (including phenoxy) is 1. The van der Waals surface area contributed by atoms with Crippen LogP contribution in [-0.4, -0.2) is 32.8 Å². The van der Waals surface area contributed by atoms with E-state index in [-0.39, 0.29) is 11.6 Å². The zero-order valence-corrected chi connectivity index (χ0v) is 15.7. The number of carboxylic acids is 1. The first-order chi connectivity index (χ1) is 12.4. The van der Waals surface area contributed by atoms with Gasteiger partial charge in [-0.2, -0.15) is 5.10 Å². The van der Waals surface area contributed by atoms with Crippen LogP contribution >= 0.6 is 0 Å². The molecule has 0 radical (unpaired) electrons. The molecule has 0 unspecified atom stereocenters. The minimum absolute atomic E-state index is 0.0970. The van der Waals surface area contributed by atoms with Gasteiger partial charge in [0, 0.05) is 11.1 Å². The van der Waals surface area contributed by atoms with Crippen molar-refractivity contribution in [2.24, 2.45) is 0 Å². The number of nitrogens with zero attached hydrogens (tertiary/aromatic N) is 3. The topological polar surface area (TPSA) is 76.7 Å². The van der Waals surface area contributed by atoms with Gasteiger partial charge in [-0.25, -0.2) is 14.3 Å². The van der Waals surface area contributed by atoms with Crippen molar-refractivity contribution in [3.63, 3.8) is 0 Å². The monoisotopic (exact) mass is 353 g/mol. The standard InChI is InChI=1S/C20H23N3O3/c1-6-13-17(20(24)25)21-19-16(14-9-7-8-10-15(14)26-5)12(4)22-23(19)18(13)11(2)3/h7-11H,6H2,1-5H3,(H,24,25). The maximum atomic E-state index is 11.9. The van der Waals surface area contributed by atoms with E-state index in [9.17, 15) is 9.90 Å². The highest BCUT2D eigenvalue weighted by Gasteiger charge is 2.25. The maximum Gasteiger partial charge on any atom is 0.354 e. The average Bonchev–Trinajstić information content (AvgIpc) is 2.94. The zero-order valence-electron chi connectivity index (χ0n) is 15.7. The third-order valence-corrected chi connectivity index (χ3v) is 4.56. The molecule has 2 aromatic heterocycles. The van der Waals surface area contributed by atoms with Crippen LogP contribution in [0, 0.1) is 6.92 Å². The number of carbonyl (C=O) groups is 1. The molecule has 0 aliphatic carbocycles. The Morgan fingerprint density at radius 1 is 1.31 bits per heavy atom. The van der Waals surface area contributed by atoms with Crippen LogP contribution in [0.2, 0.25) is 0 Å². The van der Waals surface area contributed by atoms with Crippen molar-refractivity contribution in [2.45, 2.75) is 40.0 Å². The van der Waals surface area contributed by atoms with Gasteiger partial charge in [-0.3, -0.25) is 0 Å². The van der Waals surface area contributed by atoms with Gasteiger partial charge in [0.05, 0.1) is 24.1 Å². The van der Waals surface area contributed by atoms with Crippen LogP contribution in [0.1, 0.15) is 54.1 Å². The lowest BCUT2D eigenvalue weighted by Crippen LogP contribution is -2.15. The summed E-state index contributed by atoms with van der Waals surface area (Å²) in [7, 11) is 1.62. The van der Waals surface area contributed by atoms with Gasteiger partial charge in [-0.1, -0.05) is 39.0 Å². The van der Waals surface area contributed by atoms with Crippen molar-refractivity contribution < 1.29 is 14.6 Å². The molecule has 0 atom stereocenters. The molecule has 1 aromatic carbocycles. The van der Waals surface area contributed by atoms with Crippen LogP contribution in [0.5, 0.6) is 5.75 Å². The fraction of sp³-hybridized carbons (Fsp3) is 0.350. The number of carboxylic acid groups (broad SMARTS) is 1. The Morgan fingerprint density at radius 3 is 2.58 bits per heavy atom. The van der Waals surface area contributed by atoms with E-state index in [1.165, 1.54) is 0 Å². The second-order valence-corrected chi connectivity index (χ2v) is 6.53. The predicted molar refractivity (Wildman–Crippen MR) is 100 cm³/mol. The Bertz CT molecular complexity index is 990. The molecule has 0 fully saturated rings. The molecule has 1 N–H and O–H groups in total. The van der Waals surface area contributed by atoms with E-state index in [1.54, 1.807) is 11.6 Å². The molecule has 0 saturated heterocycles. The van der Waals surface area contributed by atoms with Crippen LogP contribution in [0.3, 0.4) is 0 Å². The molecular formula is C20H23N3O3. The zero-order chi connectivity index (χ0) is 19.0. The first-order valence-electron chi connectivity index (χ1n) is 8.69. The van der Waals surface area contributed by atoms with Gasteiger partial charge in [0.25, 0.3) is 0 Å². The first-order valence-corrected chi connectivity index (χ1v) is 8.69. The van der Waals surface area contributed by atoms with Crippen molar-refractivity contribution in [3.8, 4) is 16.9 Å². The Labute approximate surface area is 152 Å². The van der Waals surface area contributed by atoms with Crippen molar-refractivity contribution in [1.82, 2.24) is 14.6 Å². The number of methoxy groups -OCH3 is 1. The smallest absolute Gasteiger partial charge is 0.354 e. The molecular weight excluding hydrogens is 330 g/mol. The summed E-state index contributed by atoms with van der Waals surface area (Å²) in [5.41, 5.74) is 4.70. The van der Waals surface area contributed by atoms with Crippen LogP contribution in [0.4, 0.5) is 0 Å². The Balaban J connectivity index is 2.47. The molecule has 6 nitrogen and oxygen atoms in total. The fourth-order valence-corrected chi connectivity index (χ4v) is 3.49. The lowest BCUT2D eigenvalue weighted by Gasteiger charge is -2.16. The van der Waals surface area contributed by atoms with E-state index >= 15 is 0 Å². The third kappa shape index (κ3) is 2.71. The summed E-state index contributed by atoms with van der Waals surface area (Å²) in [6.45, 7) is 7.93. The van der Waals surface area contributed by atoms with Crippen molar-refractivity contribution in [2.75, 3.05) is 7.11 Å². The SMILES string of the molecule is CCc1c(C(=O)O)nc2c(-c3ccccc3OC)c(C)nn2c1C(C)C. The Kier molecular flexibility index (Phi) is 4.68. The number of aryl methyl sites for hydroxylation is 1. The minimum Gasteiger partial charge on any atom is -0.496 e. The molecule has 2 heterocycles. The number of fused-ring (bicyclic) bond motifs is 1. The molecule has 0 saturated carbocycles. The van der Waals surface area contributed by atoms with E-state index in [4.69, 9.17) is 9.84 Å². The second kappa shape index (κ2) is 6.78. The average molecular weight is 353 g/mol. The van der Waals surface area contributed by atoms with Crippen molar-refractivity contribution >= 4 is 11.6 Å². The van der Waals surface area contributed by atoms with Crippen LogP contribution in [0.15, 0.2) is 24.3 Å². The largest absolute Gasteiger partial charge is 0.496 e.